The van der Waals surface area contributed by atoms with Crippen LogP contribution in [0.5, 0.6) is 0 Å². The van der Waals surface area contributed by atoms with E-state index in [0.717, 1.165) is 25.1 Å². The number of nitrogens with zero attached hydrogens (tertiary/aromatic N) is 2. The van der Waals surface area contributed by atoms with Crippen molar-refractivity contribution >= 4 is 29.1 Å². The fourth-order valence-electron chi connectivity index (χ4n) is 3.41. The van der Waals surface area contributed by atoms with Gasteiger partial charge < -0.3 is 15.0 Å². The van der Waals surface area contributed by atoms with Crippen LogP contribution in [0.2, 0.25) is 5.02 Å². The van der Waals surface area contributed by atoms with Crippen molar-refractivity contribution in [2.45, 2.75) is 31.4 Å². The number of rotatable bonds is 6. The molecule has 2 heterocycles. The lowest BCUT2D eigenvalue weighted by molar-refractivity contribution is -0.125. The number of likely N-dealkylation sites (N-methyl/N-ethyl adjacent to an activating group) is 1. The number of para-hydroxylation sites is 1. The maximum Gasteiger partial charge on any atom is 0.244 e. The van der Waals surface area contributed by atoms with Gasteiger partial charge in [0, 0.05) is 19.7 Å². The third kappa shape index (κ3) is 4.32. The highest BCUT2D eigenvalue weighted by molar-refractivity contribution is 6.33. The lowest BCUT2D eigenvalue weighted by Crippen LogP contribution is -2.45. The van der Waals surface area contributed by atoms with Gasteiger partial charge in [0.1, 0.15) is 0 Å². The Bertz CT molecular complexity index is 634. The number of anilines is 1. The SMILES string of the molecule is CN(CC(=O)NCC1CCCO1)C1CCN(c2ccccc2Cl)C1=O. The molecule has 2 fully saturated rings. The van der Waals surface area contributed by atoms with Gasteiger partial charge in [0.2, 0.25) is 11.8 Å². The third-order valence-electron chi connectivity index (χ3n) is 4.80. The molecule has 0 aromatic heterocycles. The molecule has 2 unspecified atom stereocenters. The zero-order valence-electron chi connectivity index (χ0n) is 14.4. The van der Waals surface area contributed by atoms with E-state index < -0.39 is 0 Å². The zero-order valence-corrected chi connectivity index (χ0v) is 15.2. The summed E-state index contributed by atoms with van der Waals surface area (Å²) >= 11 is 6.20. The Morgan fingerprint density at radius 1 is 1.40 bits per heavy atom. The van der Waals surface area contributed by atoms with Gasteiger partial charge in [0.15, 0.2) is 0 Å². The van der Waals surface area contributed by atoms with Gasteiger partial charge in [-0.25, -0.2) is 0 Å². The van der Waals surface area contributed by atoms with Crippen LogP contribution in [0.15, 0.2) is 24.3 Å². The van der Waals surface area contributed by atoms with Crippen LogP contribution in [0.4, 0.5) is 5.69 Å². The fraction of sp³-hybridized carbons (Fsp3) is 0.556. The van der Waals surface area contributed by atoms with Crippen LogP contribution in [-0.4, -0.2) is 62.1 Å². The van der Waals surface area contributed by atoms with Crippen LogP contribution >= 0.6 is 11.6 Å². The Hall–Kier alpha value is -1.63. The summed E-state index contributed by atoms with van der Waals surface area (Å²) in [6.45, 7) is 2.11. The van der Waals surface area contributed by atoms with Crippen molar-refractivity contribution in [1.29, 1.82) is 0 Å². The van der Waals surface area contributed by atoms with Gasteiger partial charge in [-0.2, -0.15) is 0 Å². The van der Waals surface area contributed by atoms with Gasteiger partial charge in [0.25, 0.3) is 0 Å². The molecule has 0 radical (unpaired) electrons. The van der Waals surface area contributed by atoms with Crippen LogP contribution in [-0.2, 0) is 14.3 Å². The summed E-state index contributed by atoms with van der Waals surface area (Å²) in [6, 6.07) is 7.03. The number of benzene rings is 1. The largest absolute Gasteiger partial charge is 0.376 e. The van der Waals surface area contributed by atoms with Gasteiger partial charge in [-0.05, 0) is 38.4 Å². The number of halogens is 1. The zero-order chi connectivity index (χ0) is 17.8. The second-order valence-electron chi connectivity index (χ2n) is 6.60. The number of hydrogen-bond donors (Lipinski definition) is 1. The number of carbonyl (C=O) groups is 2. The van der Waals surface area contributed by atoms with Crippen LogP contribution in [0, 0.1) is 0 Å². The molecule has 0 saturated carbocycles. The summed E-state index contributed by atoms with van der Waals surface area (Å²) in [7, 11) is 1.81. The number of carbonyl (C=O) groups excluding carboxylic acids is 2. The van der Waals surface area contributed by atoms with E-state index in [0.29, 0.717) is 24.5 Å². The van der Waals surface area contributed by atoms with Gasteiger partial charge in [0.05, 0.1) is 29.4 Å². The molecule has 1 aromatic rings. The maximum atomic E-state index is 12.7. The van der Waals surface area contributed by atoms with Gasteiger partial charge in [-0.3, -0.25) is 14.5 Å². The second-order valence-corrected chi connectivity index (χ2v) is 7.01. The Morgan fingerprint density at radius 2 is 2.20 bits per heavy atom. The lowest BCUT2D eigenvalue weighted by Gasteiger charge is -2.24. The van der Waals surface area contributed by atoms with E-state index in [4.69, 9.17) is 16.3 Å². The van der Waals surface area contributed by atoms with Gasteiger partial charge in [-0.15, -0.1) is 0 Å². The molecule has 2 atom stereocenters. The normalized spacial score (nSPS) is 23.5. The van der Waals surface area contributed by atoms with Crippen LogP contribution in [0.25, 0.3) is 0 Å². The predicted octanol–water partition coefficient (Wildman–Crippen LogP) is 1.67. The van der Waals surface area contributed by atoms with E-state index >= 15 is 0 Å². The summed E-state index contributed by atoms with van der Waals surface area (Å²) in [5.41, 5.74) is 0.730. The molecular formula is C18H24ClN3O3. The first-order valence-corrected chi connectivity index (χ1v) is 9.08. The molecule has 1 aromatic carbocycles. The van der Waals surface area contributed by atoms with Crippen LogP contribution < -0.4 is 10.2 Å². The van der Waals surface area contributed by atoms with Gasteiger partial charge in [-0.1, -0.05) is 23.7 Å². The van der Waals surface area contributed by atoms with Crippen molar-refractivity contribution in [1.82, 2.24) is 10.2 Å². The number of hydrogen-bond acceptors (Lipinski definition) is 4. The maximum absolute atomic E-state index is 12.7. The fourth-order valence-corrected chi connectivity index (χ4v) is 3.65. The van der Waals surface area contributed by atoms with Crippen molar-refractivity contribution in [3.63, 3.8) is 0 Å². The molecule has 0 aliphatic carbocycles. The topological polar surface area (TPSA) is 61.9 Å². The lowest BCUT2D eigenvalue weighted by atomic mass is 10.2. The van der Waals surface area contributed by atoms with Crippen molar-refractivity contribution in [2.24, 2.45) is 0 Å². The van der Waals surface area contributed by atoms with Crippen molar-refractivity contribution in [2.75, 3.05) is 38.2 Å². The first kappa shape index (κ1) is 18.2. The minimum absolute atomic E-state index is 0.0115. The average molecular weight is 366 g/mol. The smallest absolute Gasteiger partial charge is 0.244 e. The van der Waals surface area contributed by atoms with Crippen molar-refractivity contribution in [3.8, 4) is 0 Å². The van der Waals surface area contributed by atoms with Crippen LogP contribution in [0.3, 0.4) is 0 Å². The monoisotopic (exact) mass is 365 g/mol. The quantitative estimate of drug-likeness (QED) is 0.833. The molecule has 2 aliphatic rings. The van der Waals surface area contributed by atoms with E-state index in [1.165, 1.54) is 0 Å². The highest BCUT2D eigenvalue weighted by Crippen LogP contribution is 2.30. The highest BCUT2D eigenvalue weighted by Gasteiger charge is 2.36. The van der Waals surface area contributed by atoms with E-state index in [2.05, 4.69) is 5.32 Å². The van der Waals surface area contributed by atoms with E-state index in [-0.39, 0.29) is 30.5 Å². The predicted molar refractivity (Wildman–Crippen MR) is 96.8 cm³/mol. The molecular weight excluding hydrogens is 342 g/mol. The molecule has 136 valence electrons. The summed E-state index contributed by atoms with van der Waals surface area (Å²) in [4.78, 5) is 28.4. The number of ether oxygens (including phenoxy) is 1. The van der Waals surface area contributed by atoms with Crippen molar-refractivity contribution in [3.05, 3.63) is 29.3 Å². The summed E-state index contributed by atoms with van der Waals surface area (Å²) in [6.07, 6.45) is 2.84. The molecule has 3 rings (SSSR count). The summed E-state index contributed by atoms with van der Waals surface area (Å²) in [5, 5.41) is 3.46. The highest BCUT2D eigenvalue weighted by atomic mass is 35.5. The van der Waals surface area contributed by atoms with Gasteiger partial charge >= 0.3 is 0 Å². The van der Waals surface area contributed by atoms with E-state index in [1.807, 2.05) is 30.1 Å². The van der Waals surface area contributed by atoms with E-state index in [1.54, 1.807) is 11.0 Å². The standard InChI is InChI=1S/C18H24ClN3O3/c1-21(12-17(23)20-11-13-5-4-10-25-13)16-8-9-22(18(16)24)15-7-3-2-6-14(15)19/h2-3,6-7,13,16H,4-5,8-12H2,1H3,(H,20,23). The minimum atomic E-state index is -0.301. The Balaban J connectivity index is 1.52. The first-order chi connectivity index (χ1) is 12.1. The minimum Gasteiger partial charge on any atom is -0.376 e. The summed E-state index contributed by atoms with van der Waals surface area (Å²) in [5.74, 6) is -0.0930. The second kappa shape index (κ2) is 8.17. The Morgan fingerprint density at radius 3 is 2.92 bits per heavy atom. The molecule has 25 heavy (non-hydrogen) atoms. The molecule has 7 heteroatoms. The third-order valence-corrected chi connectivity index (χ3v) is 5.12. The Labute approximate surface area is 153 Å². The average Bonchev–Trinajstić information content (AvgIpc) is 3.23. The molecule has 2 amide bonds. The Kier molecular flexibility index (Phi) is 5.93. The van der Waals surface area contributed by atoms with Crippen molar-refractivity contribution < 1.29 is 14.3 Å². The molecule has 2 aliphatic heterocycles. The van der Waals surface area contributed by atoms with E-state index in [9.17, 15) is 9.59 Å². The molecule has 0 bridgehead atoms. The van der Waals surface area contributed by atoms with Crippen LogP contribution in [0.1, 0.15) is 19.3 Å². The summed E-state index contributed by atoms with van der Waals surface area (Å²) < 4.78 is 5.50. The molecule has 6 nitrogen and oxygen atoms in total. The molecule has 1 N–H and O–H groups in total. The number of nitrogens with one attached hydrogen (secondary N) is 1. The molecule has 0 spiro atoms. The molecule has 2 saturated heterocycles. The number of amides is 2. The first-order valence-electron chi connectivity index (χ1n) is 8.70.